The molecule has 0 aromatic heterocycles. The average molecular weight is 78.1 g/mol. The van der Waals surface area contributed by atoms with Gasteiger partial charge in [-0.25, -0.2) is 0 Å². The van der Waals surface area contributed by atoms with Crippen molar-refractivity contribution < 1.29 is 4.74 Å². The van der Waals surface area contributed by atoms with Crippen molar-refractivity contribution in [3.05, 3.63) is 0 Å². The minimum absolute atomic E-state index is 0. The van der Waals surface area contributed by atoms with Crippen LogP contribution in [0.4, 0.5) is 0 Å². The lowest BCUT2D eigenvalue weighted by Gasteiger charge is -1.77. The first-order valence-electron chi connectivity index (χ1n) is 1.11. The fourth-order valence-corrected chi connectivity index (χ4v) is 0. The highest BCUT2D eigenvalue weighted by molar-refractivity contribution is 3.89. The molecular weight excluding hydrogens is 68.0 g/mol. The van der Waals surface area contributed by atoms with E-state index in [1.54, 1.807) is 7.11 Å². The van der Waals surface area contributed by atoms with E-state index in [2.05, 4.69) is 4.74 Å². The van der Waals surface area contributed by atoms with Crippen molar-refractivity contribution in [2.45, 2.75) is 0 Å². The van der Waals surface area contributed by atoms with Crippen LogP contribution in [0.3, 0.4) is 0 Å². The van der Waals surface area contributed by atoms with Gasteiger partial charge in [-0.15, -0.1) is 0 Å². The van der Waals surface area contributed by atoms with Gasteiger partial charge in [-0.1, -0.05) is 0 Å². The molecule has 3 heteroatoms. The standard InChI is InChI=1S/C2H7NO.H3N/c1-4-2-3;/h2-3H2,1H3;1H3. The lowest BCUT2D eigenvalue weighted by molar-refractivity contribution is 0.207. The highest BCUT2D eigenvalue weighted by Gasteiger charge is 1.50. The zero-order chi connectivity index (χ0) is 3.41. The number of methoxy groups -OCH3 is 1. The molecule has 0 rings (SSSR count). The highest BCUT2D eigenvalue weighted by Crippen LogP contribution is 1.40. The van der Waals surface area contributed by atoms with Crippen LogP contribution < -0.4 is 11.9 Å². The molecule has 5 N–H and O–H groups in total. The van der Waals surface area contributed by atoms with E-state index in [0.29, 0.717) is 6.73 Å². The maximum absolute atomic E-state index is 4.81. The Morgan fingerprint density at radius 2 is 2.00 bits per heavy atom. The normalized spacial score (nSPS) is 6.00. The molecule has 0 spiro atoms. The van der Waals surface area contributed by atoms with E-state index in [1.807, 2.05) is 0 Å². The van der Waals surface area contributed by atoms with E-state index >= 15 is 0 Å². The maximum atomic E-state index is 4.81. The van der Waals surface area contributed by atoms with Crippen molar-refractivity contribution >= 4 is 0 Å². The Kier molecular flexibility index (Phi) is 16.1. The van der Waals surface area contributed by atoms with Gasteiger partial charge in [-0.05, 0) is 0 Å². The summed E-state index contributed by atoms with van der Waals surface area (Å²) in [6.07, 6.45) is 0. The zero-order valence-electron chi connectivity index (χ0n) is 3.40. The van der Waals surface area contributed by atoms with Crippen molar-refractivity contribution in [2.24, 2.45) is 5.73 Å². The Morgan fingerprint density at radius 1 is 1.80 bits per heavy atom. The number of nitrogens with two attached hydrogens (primary N) is 1. The molecule has 3 nitrogen and oxygen atoms in total. The summed E-state index contributed by atoms with van der Waals surface area (Å²) in [4.78, 5) is 0. The first-order chi connectivity index (χ1) is 1.91. The van der Waals surface area contributed by atoms with Crippen LogP contribution in [-0.2, 0) is 4.74 Å². The quantitative estimate of drug-likeness (QED) is 0.423. The molecule has 0 heterocycles. The van der Waals surface area contributed by atoms with Gasteiger partial charge < -0.3 is 16.6 Å². The van der Waals surface area contributed by atoms with E-state index in [9.17, 15) is 0 Å². The number of hydrogen-bond donors (Lipinski definition) is 2. The lowest BCUT2D eigenvalue weighted by atomic mass is 11.3. The van der Waals surface area contributed by atoms with E-state index < -0.39 is 0 Å². The number of rotatable bonds is 1. The summed E-state index contributed by atoms with van der Waals surface area (Å²) >= 11 is 0. The molecule has 0 aromatic rings. The van der Waals surface area contributed by atoms with Crippen LogP contribution in [-0.4, -0.2) is 13.8 Å². The molecule has 0 unspecified atom stereocenters. The van der Waals surface area contributed by atoms with Crippen LogP contribution in [0.25, 0.3) is 0 Å². The SMILES string of the molecule is COCN.N. The molecule has 0 atom stereocenters. The van der Waals surface area contributed by atoms with E-state index in [4.69, 9.17) is 5.73 Å². The molecule has 0 saturated carbocycles. The molecule has 0 fully saturated rings. The molecule has 0 radical (unpaired) electrons. The van der Waals surface area contributed by atoms with Gasteiger partial charge in [0.05, 0.1) is 6.73 Å². The fourth-order valence-electron chi connectivity index (χ4n) is 0. The van der Waals surface area contributed by atoms with Crippen LogP contribution in [0.1, 0.15) is 0 Å². The third kappa shape index (κ3) is 17.7. The Balaban J connectivity index is 0. The molecule has 5 heavy (non-hydrogen) atoms. The monoisotopic (exact) mass is 78.1 g/mol. The van der Waals surface area contributed by atoms with Crippen LogP contribution in [0, 0.1) is 0 Å². The largest absolute Gasteiger partial charge is 0.370 e. The predicted octanol–water partition coefficient (Wildman–Crippen LogP) is -0.289. The van der Waals surface area contributed by atoms with Crippen LogP contribution in [0.5, 0.6) is 0 Å². The highest BCUT2D eigenvalue weighted by atomic mass is 16.5. The van der Waals surface area contributed by atoms with E-state index in [1.165, 1.54) is 0 Å². The average Bonchev–Trinajstić information content (AvgIpc) is 1.37. The molecule has 0 amide bonds. The fraction of sp³-hybridized carbons (Fsp3) is 1.00. The van der Waals surface area contributed by atoms with Gasteiger partial charge in [0, 0.05) is 7.11 Å². The second kappa shape index (κ2) is 9.11. The minimum atomic E-state index is 0. The molecule has 0 aliphatic heterocycles. The van der Waals surface area contributed by atoms with Crippen LogP contribution >= 0.6 is 0 Å². The molecule has 0 aliphatic carbocycles. The van der Waals surface area contributed by atoms with Crippen molar-refractivity contribution in [2.75, 3.05) is 13.8 Å². The Morgan fingerprint density at radius 3 is 2.00 bits per heavy atom. The summed E-state index contributed by atoms with van der Waals surface area (Å²) < 4.78 is 4.32. The molecule has 0 aliphatic rings. The van der Waals surface area contributed by atoms with Crippen LogP contribution in [0.2, 0.25) is 0 Å². The van der Waals surface area contributed by atoms with Crippen molar-refractivity contribution in [3.63, 3.8) is 0 Å². The molecule has 0 saturated heterocycles. The van der Waals surface area contributed by atoms with Gasteiger partial charge >= 0.3 is 0 Å². The molecule has 0 bridgehead atoms. The van der Waals surface area contributed by atoms with Gasteiger partial charge in [0.15, 0.2) is 0 Å². The summed E-state index contributed by atoms with van der Waals surface area (Å²) in [6.45, 7) is 0.319. The summed E-state index contributed by atoms with van der Waals surface area (Å²) in [5.74, 6) is 0. The Hall–Kier alpha value is -0.120. The second-order valence-electron chi connectivity index (χ2n) is 0.455. The Labute approximate surface area is 31.7 Å². The zero-order valence-corrected chi connectivity index (χ0v) is 3.40. The van der Waals surface area contributed by atoms with Crippen LogP contribution in [0.15, 0.2) is 0 Å². The topological polar surface area (TPSA) is 70.2 Å². The third-order valence-electron chi connectivity index (χ3n) is 0.167. The van der Waals surface area contributed by atoms with Gasteiger partial charge in [0.1, 0.15) is 0 Å². The van der Waals surface area contributed by atoms with E-state index in [-0.39, 0.29) is 6.15 Å². The van der Waals surface area contributed by atoms with Crippen molar-refractivity contribution in [3.8, 4) is 0 Å². The minimum Gasteiger partial charge on any atom is -0.370 e. The van der Waals surface area contributed by atoms with Gasteiger partial charge in [0.25, 0.3) is 0 Å². The summed E-state index contributed by atoms with van der Waals surface area (Å²) in [5.41, 5.74) is 4.81. The molecular formula is C2H10N2O. The summed E-state index contributed by atoms with van der Waals surface area (Å²) in [6, 6.07) is 0. The number of ether oxygens (including phenoxy) is 1. The second-order valence-corrected chi connectivity index (χ2v) is 0.455. The maximum Gasteiger partial charge on any atom is 0.0936 e. The summed E-state index contributed by atoms with van der Waals surface area (Å²) in [7, 11) is 1.56. The van der Waals surface area contributed by atoms with Gasteiger partial charge in [0.2, 0.25) is 0 Å². The third-order valence-corrected chi connectivity index (χ3v) is 0.167. The smallest absolute Gasteiger partial charge is 0.0936 e. The number of hydrogen-bond acceptors (Lipinski definition) is 3. The first kappa shape index (κ1) is 8.86. The van der Waals surface area contributed by atoms with Crippen molar-refractivity contribution in [1.82, 2.24) is 6.15 Å². The summed E-state index contributed by atoms with van der Waals surface area (Å²) in [5, 5.41) is 0. The molecule has 0 aromatic carbocycles. The van der Waals surface area contributed by atoms with Crippen molar-refractivity contribution in [1.29, 1.82) is 0 Å². The molecule has 34 valence electrons. The lowest BCUT2D eigenvalue weighted by Crippen LogP contribution is -1.98. The Bertz CT molecular complexity index is 9.61. The first-order valence-corrected chi connectivity index (χ1v) is 1.11. The van der Waals surface area contributed by atoms with E-state index in [0.717, 1.165) is 0 Å². The van der Waals surface area contributed by atoms with Gasteiger partial charge in [-0.2, -0.15) is 0 Å². The van der Waals surface area contributed by atoms with Gasteiger partial charge in [-0.3, -0.25) is 0 Å². The predicted molar refractivity (Wildman–Crippen MR) is 21.1 cm³/mol.